The Morgan fingerprint density at radius 3 is 2.50 bits per heavy atom. The van der Waals surface area contributed by atoms with Crippen molar-refractivity contribution in [3.8, 4) is 5.75 Å². The molecule has 0 aromatic heterocycles. The van der Waals surface area contributed by atoms with Crippen LogP contribution in [0.3, 0.4) is 0 Å². The number of ether oxygens (including phenoxy) is 1. The maximum absolute atomic E-state index is 12.5. The number of Topliss-reactive ketones (excluding diaryl/α,β-unsaturated/α-hetero) is 1. The molecule has 2 aromatic rings. The van der Waals surface area contributed by atoms with E-state index in [4.69, 9.17) is 4.74 Å². The van der Waals surface area contributed by atoms with Crippen molar-refractivity contribution < 1.29 is 19.4 Å². The third-order valence-corrected chi connectivity index (χ3v) is 5.34. The van der Waals surface area contributed by atoms with Crippen molar-refractivity contribution >= 4 is 11.8 Å². The van der Waals surface area contributed by atoms with E-state index in [9.17, 15) is 14.7 Å². The van der Waals surface area contributed by atoms with Gasteiger partial charge in [0.2, 0.25) is 0 Å². The Morgan fingerprint density at radius 1 is 1.11 bits per heavy atom. The zero-order chi connectivity index (χ0) is 19.9. The zero-order valence-corrected chi connectivity index (χ0v) is 16.2. The first-order valence-corrected chi connectivity index (χ1v) is 9.83. The SMILES string of the molecule is CCC1CCN(CC(=O)c2ccc(O)cc2)C[C@@H]1OC(=O)Cc1ccccc1. The van der Waals surface area contributed by atoms with Gasteiger partial charge in [-0.15, -0.1) is 0 Å². The molecule has 1 N–H and O–H groups in total. The summed E-state index contributed by atoms with van der Waals surface area (Å²) < 4.78 is 5.81. The predicted octanol–water partition coefficient (Wildman–Crippen LogP) is 3.46. The van der Waals surface area contributed by atoms with Crippen molar-refractivity contribution in [1.82, 2.24) is 4.90 Å². The van der Waals surface area contributed by atoms with Gasteiger partial charge in [-0.25, -0.2) is 0 Å². The summed E-state index contributed by atoms with van der Waals surface area (Å²) in [6.07, 6.45) is 1.92. The van der Waals surface area contributed by atoms with Crippen LogP contribution in [0.4, 0.5) is 0 Å². The lowest BCUT2D eigenvalue weighted by molar-refractivity contribution is -0.154. The first-order chi connectivity index (χ1) is 13.5. The van der Waals surface area contributed by atoms with Crippen LogP contribution in [0, 0.1) is 5.92 Å². The quantitative estimate of drug-likeness (QED) is 0.588. The lowest BCUT2D eigenvalue weighted by Gasteiger charge is -2.37. The van der Waals surface area contributed by atoms with Gasteiger partial charge in [-0.05, 0) is 55.1 Å². The van der Waals surface area contributed by atoms with Gasteiger partial charge in [0.05, 0.1) is 13.0 Å². The Morgan fingerprint density at radius 2 is 1.82 bits per heavy atom. The van der Waals surface area contributed by atoms with E-state index in [1.165, 1.54) is 12.1 Å². The number of benzene rings is 2. The fourth-order valence-corrected chi connectivity index (χ4v) is 3.69. The molecule has 0 radical (unpaired) electrons. The lowest BCUT2D eigenvalue weighted by atomic mass is 9.91. The maximum Gasteiger partial charge on any atom is 0.310 e. The van der Waals surface area contributed by atoms with Gasteiger partial charge in [-0.2, -0.15) is 0 Å². The highest BCUT2D eigenvalue weighted by atomic mass is 16.5. The summed E-state index contributed by atoms with van der Waals surface area (Å²) in [4.78, 5) is 27.0. The third-order valence-electron chi connectivity index (χ3n) is 5.34. The Bertz CT molecular complexity index is 788. The number of likely N-dealkylation sites (tertiary alicyclic amines) is 1. The summed E-state index contributed by atoms with van der Waals surface area (Å²) >= 11 is 0. The van der Waals surface area contributed by atoms with Gasteiger partial charge in [-0.1, -0.05) is 37.3 Å². The molecule has 28 heavy (non-hydrogen) atoms. The van der Waals surface area contributed by atoms with Gasteiger partial charge in [0.1, 0.15) is 11.9 Å². The molecule has 2 atom stereocenters. The van der Waals surface area contributed by atoms with E-state index in [0.717, 1.165) is 24.9 Å². The molecule has 5 nitrogen and oxygen atoms in total. The number of carbonyl (C=O) groups excluding carboxylic acids is 2. The van der Waals surface area contributed by atoms with Crippen LogP contribution >= 0.6 is 0 Å². The van der Waals surface area contributed by atoms with Crippen molar-refractivity contribution in [2.24, 2.45) is 5.92 Å². The van der Waals surface area contributed by atoms with Crippen molar-refractivity contribution in [3.63, 3.8) is 0 Å². The number of ketones is 1. The standard InChI is InChI=1S/C23H27NO4/c1-2-18-12-13-24(15-21(26)19-8-10-20(25)11-9-19)16-22(18)28-23(27)14-17-6-4-3-5-7-17/h3-11,18,22,25H,2,12-16H2,1H3/t18?,22-/m0/s1. The monoisotopic (exact) mass is 381 g/mol. The largest absolute Gasteiger partial charge is 0.508 e. The summed E-state index contributed by atoms with van der Waals surface area (Å²) in [5.74, 6) is 0.246. The number of phenolic OH excluding ortho intramolecular Hbond substituents is 1. The van der Waals surface area contributed by atoms with Gasteiger partial charge in [0, 0.05) is 12.1 Å². The Labute approximate surface area is 165 Å². The number of aromatic hydroxyl groups is 1. The Kier molecular flexibility index (Phi) is 6.82. The third kappa shape index (κ3) is 5.42. The molecule has 1 heterocycles. The van der Waals surface area contributed by atoms with Gasteiger partial charge in [-0.3, -0.25) is 14.5 Å². The zero-order valence-electron chi connectivity index (χ0n) is 16.2. The minimum absolute atomic E-state index is 0.00399. The molecule has 3 rings (SSSR count). The predicted molar refractivity (Wildman–Crippen MR) is 107 cm³/mol. The topological polar surface area (TPSA) is 66.8 Å². The highest BCUT2D eigenvalue weighted by Gasteiger charge is 2.31. The second kappa shape index (κ2) is 9.51. The number of carbonyl (C=O) groups is 2. The number of nitrogens with zero attached hydrogens (tertiary/aromatic N) is 1. The van der Waals surface area contributed by atoms with Crippen molar-refractivity contribution in [2.75, 3.05) is 19.6 Å². The van der Waals surface area contributed by atoms with Crippen molar-refractivity contribution in [3.05, 3.63) is 65.7 Å². The molecule has 0 saturated carbocycles. The second-order valence-electron chi connectivity index (χ2n) is 7.35. The minimum atomic E-state index is -0.221. The molecular formula is C23H27NO4. The first kappa shape index (κ1) is 20.1. The second-order valence-corrected chi connectivity index (χ2v) is 7.35. The molecule has 0 amide bonds. The number of rotatable bonds is 7. The summed E-state index contributed by atoms with van der Waals surface area (Å²) in [6, 6.07) is 15.9. The van der Waals surface area contributed by atoms with Crippen LogP contribution in [0.15, 0.2) is 54.6 Å². The number of hydrogen-bond acceptors (Lipinski definition) is 5. The van der Waals surface area contributed by atoms with Crippen LogP contribution in [-0.2, 0) is 16.0 Å². The van der Waals surface area contributed by atoms with E-state index in [-0.39, 0.29) is 36.6 Å². The molecule has 5 heteroatoms. The average Bonchev–Trinajstić information content (AvgIpc) is 2.69. The Hall–Kier alpha value is -2.66. The molecule has 148 valence electrons. The van der Waals surface area contributed by atoms with Crippen LogP contribution in [0.25, 0.3) is 0 Å². The van der Waals surface area contributed by atoms with Crippen LogP contribution in [0.5, 0.6) is 5.75 Å². The number of hydrogen-bond donors (Lipinski definition) is 1. The van der Waals surface area contributed by atoms with Crippen LogP contribution in [-0.4, -0.2) is 47.5 Å². The number of esters is 1. The molecule has 2 aromatic carbocycles. The molecule has 0 bridgehead atoms. The summed E-state index contributed by atoms with van der Waals surface area (Å²) in [5.41, 5.74) is 1.52. The molecule has 1 saturated heterocycles. The number of piperidine rings is 1. The van der Waals surface area contributed by atoms with E-state index < -0.39 is 0 Å². The highest BCUT2D eigenvalue weighted by Crippen LogP contribution is 2.24. The molecule has 1 aliphatic rings. The average molecular weight is 381 g/mol. The van der Waals surface area contributed by atoms with Crippen LogP contribution in [0.1, 0.15) is 35.7 Å². The molecular weight excluding hydrogens is 354 g/mol. The molecule has 1 fully saturated rings. The highest BCUT2D eigenvalue weighted by molar-refractivity contribution is 5.97. The minimum Gasteiger partial charge on any atom is -0.508 e. The van der Waals surface area contributed by atoms with Crippen LogP contribution < -0.4 is 0 Å². The van der Waals surface area contributed by atoms with E-state index in [2.05, 4.69) is 11.8 Å². The fraction of sp³-hybridized carbons (Fsp3) is 0.391. The smallest absolute Gasteiger partial charge is 0.310 e. The van der Waals surface area contributed by atoms with Crippen molar-refractivity contribution in [1.29, 1.82) is 0 Å². The lowest BCUT2D eigenvalue weighted by Crippen LogP contribution is -2.47. The number of phenols is 1. The van der Waals surface area contributed by atoms with Crippen molar-refractivity contribution in [2.45, 2.75) is 32.3 Å². The maximum atomic E-state index is 12.5. The summed E-state index contributed by atoms with van der Waals surface area (Å²) in [6.45, 7) is 3.78. The molecule has 0 aliphatic carbocycles. The first-order valence-electron chi connectivity index (χ1n) is 9.83. The molecule has 1 aliphatic heterocycles. The van der Waals surface area contributed by atoms with E-state index in [1.807, 2.05) is 30.3 Å². The van der Waals surface area contributed by atoms with Gasteiger partial charge >= 0.3 is 5.97 Å². The van der Waals surface area contributed by atoms with Gasteiger partial charge in [0.25, 0.3) is 0 Å². The Balaban J connectivity index is 1.58. The summed E-state index contributed by atoms with van der Waals surface area (Å²) in [5, 5.41) is 9.37. The van der Waals surface area contributed by atoms with E-state index in [0.29, 0.717) is 18.0 Å². The van der Waals surface area contributed by atoms with E-state index in [1.54, 1.807) is 12.1 Å². The van der Waals surface area contributed by atoms with Gasteiger partial charge in [0.15, 0.2) is 5.78 Å². The summed E-state index contributed by atoms with van der Waals surface area (Å²) in [7, 11) is 0. The molecule has 0 spiro atoms. The normalized spacial score (nSPS) is 19.9. The van der Waals surface area contributed by atoms with E-state index >= 15 is 0 Å². The fourth-order valence-electron chi connectivity index (χ4n) is 3.69. The molecule has 1 unspecified atom stereocenters. The van der Waals surface area contributed by atoms with Crippen LogP contribution in [0.2, 0.25) is 0 Å². The van der Waals surface area contributed by atoms with Gasteiger partial charge < -0.3 is 9.84 Å².